The Hall–Kier alpha value is 1.01. The van der Waals surface area contributed by atoms with E-state index in [9.17, 15) is 5.11 Å². The summed E-state index contributed by atoms with van der Waals surface area (Å²) in [7, 11) is 0. The molecular formula is C6H14OS3. The highest BCUT2D eigenvalue weighted by Crippen LogP contribution is 2.16. The molecule has 10 heavy (non-hydrogen) atoms. The highest BCUT2D eigenvalue weighted by Gasteiger charge is 2.19. The fraction of sp³-hybridized carbons (Fsp3) is 1.00. The molecule has 0 aromatic carbocycles. The van der Waals surface area contributed by atoms with Gasteiger partial charge in [0.2, 0.25) is 0 Å². The van der Waals surface area contributed by atoms with Crippen molar-refractivity contribution in [2.24, 2.45) is 0 Å². The van der Waals surface area contributed by atoms with Crippen molar-refractivity contribution in [1.82, 2.24) is 0 Å². The van der Waals surface area contributed by atoms with Gasteiger partial charge in [-0.15, -0.1) is 0 Å². The summed E-state index contributed by atoms with van der Waals surface area (Å²) in [6, 6.07) is 0. The third kappa shape index (κ3) is 3.42. The molecule has 0 rings (SSSR count). The molecule has 0 radical (unpaired) electrons. The van der Waals surface area contributed by atoms with Crippen LogP contribution in [-0.2, 0) is 0 Å². The van der Waals surface area contributed by atoms with Gasteiger partial charge in [-0.05, 0) is 6.42 Å². The lowest BCUT2D eigenvalue weighted by atomic mass is 10.1. The average Bonchev–Trinajstić information content (AvgIpc) is 2.00. The van der Waals surface area contributed by atoms with Gasteiger partial charge in [0.25, 0.3) is 0 Å². The number of aliphatic hydroxyl groups excluding tert-OH is 1. The Morgan fingerprint density at radius 1 is 1.40 bits per heavy atom. The normalized spacial score (nSPS) is 20.1. The predicted molar refractivity (Wildman–Crippen MR) is 55.7 cm³/mol. The average molecular weight is 198 g/mol. The molecule has 0 fully saturated rings. The number of aliphatic hydroxyl groups is 1. The number of hydrogen-bond acceptors (Lipinski definition) is 4. The van der Waals surface area contributed by atoms with Crippen molar-refractivity contribution >= 4 is 37.9 Å². The third-order valence-corrected chi connectivity index (χ3v) is 3.52. The zero-order valence-electron chi connectivity index (χ0n) is 5.94. The first-order valence-electron chi connectivity index (χ1n) is 3.28. The highest BCUT2D eigenvalue weighted by atomic mass is 32.1. The van der Waals surface area contributed by atoms with E-state index in [1.165, 1.54) is 0 Å². The fourth-order valence-corrected chi connectivity index (χ4v) is 1.51. The zero-order valence-corrected chi connectivity index (χ0v) is 8.62. The first-order valence-corrected chi connectivity index (χ1v) is 4.95. The monoisotopic (exact) mass is 198 g/mol. The van der Waals surface area contributed by atoms with Crippen LogP contribution >= 0.6 is 37.9 Å². The summed E-state index contributed by atoms with van der Waals surface area (Å²) in [4.78, 5) is 0. The second-order valence-electron chi connectivity index (χ2n) is 2.22. The van der Waals surface area contributed by atoms with Gasteiger partial charge in [-0.1, -0.05) is 6.92 Å². The highest BCUT2D eigenvalue weighted by molar-refractivity contribution is 7.87. The molecule has 0 aliphatic rings. The third-order valence-electron chi connectivity index (χ3n) is 1.39. The minimum absolute atomic E-state index is 0.0640. The molecule has 0 spiro atoms. The van der Waals surface area contributed by atoms with Gasteiger partial charge in [-0.25, -0.2) is 0 Å². The molecule has 3 unspecified atom stereocenters. The van der Waals surface area contributed by atoms with E-state index in [0.717, 1.165) is 6.42 Å². The van der Waals surface area contributed by atoms with Gasteiger partial charge in [-0.2, -0.15) is 37.9 Å². The number of hydrogen-bond donors (Lipinski definition) is 4. The standard InChI is InChI=1S/C6H14OS3/c1-2-4(7)6(10)5(9)3-8/h4-10H,2-3H2,1H3. The van der Waals surface area contributed by atoms with Gasteiger partial charge in [-0.3, -0.25) is 0 Å². The first-order chi connectivity index (χ1) is 4.63. The van der Waals surface area contributed by atoms with E-state index in [0.29, 0.717) is 5.75 Å². The van der Waals surface area contributed by atoms with Crippen LogP contribution in [-0.4, -0.2) is 27.5 Å². The molecular weight excluding hydrogens is 184 g/mol. The van der Waals surface area contributed by atoms with Crippen molar-refractivity contribution in [2.75, 3.05) is 5.75 Å². The molecule has 0 heterocycles. The van der Waals surface area contributed by atoms with E-state index in [1.807, 2.05) is 6.92 Å². The van der Waals surface area contributed by atoms with Crippen LogP contribution in [0.2, 0.25) is 0 Å². The van der Waals surface area contributed by atoms with Crippen molar-refractivity contribution in [3.8, 4) is 0 Å². The van der Waals surface area contributed by atoms with Crippen LogP contribution in [0.5, 0.6) is 0 Å². The Balaban J connectivity index is 3.69. The molecule has 0 saturated heterocycles. The van der Waals surface area contributed by atoms with Crippen LogP contribution < -0.4 is 0 Å². The van der Waals surface area contributed by atoms with Crippen molar-refractivity contribution in [1.29, 1.82) is 0 Å². The summed E-state index contributed by atoms with van der Waals surface area (Å²) in [5.41, 5.74) is 0. The van der Waals surface area contributed by atoms with Gasteiger partial charge < -0.3 is 5.11 Å². The van der Waals surface area contributed by atoms with Gasteiger partial charge in [0.15, 0.2) is 0 Å². The van der Waals surface area contributed by atoms with E-state index in [1.54, 1.807) is 0 Å². The minimum atomic E-state index is -0.363. The van der Waals surface area contributed by atoms with E-state index >= 15 is 0 Å². The van der Waals surface area contributed by atoms with Crippen LogP contribution in [0, 0.1) is 0 Å². The van der Waals surface area contributed by atoms with Crippen molar-refractivity contribution < 1.29 is 5.11 Å². The first kappa shape index (κ1) is 11.0. The summed E-state index contributed by atoms with van der Waals surface area (Å²) in [6.45, 7) is 1.92. The van der Waals surface area contributed by atoms with Crippen LogP contribution in [0.4, 0.5) is 0 Å². The van der Waals surface area contributed by atoms with Gasteiger partial charge in [0, 0.05) is 16.3 Å². The van der Waals surface area contributed by atoms with E-state index in [-0.39, 0.29) is 16.6 Å². The lowest BCUT2D eigenvalue weighted by Gasteiger charge is -2.20. The SMILES string of the molecule is CCC(O)C(S)C(S)CS. The van der Waals surface area contributed by atoms with Gasteiger partial charge >= 0.3 is 0 Å². The zero-order chi connectivity index (χ0) is 8.15. The molecule has 0 bridgehead atoms. The summed E-state index contributed by atoms with van der Waals surface area (Å²) in [5, 5.41) is 9.28. The Labute approximate surface area is 78.8 Å². The maximum absolute atomic E-state index is 9.27. The van der Waals surface area contributed by atoms with E-state index in [4.69, 9.17) is 0 Å². The maximum atomic E-state index is 9.27. The quantitative estimate of drug-likeness (QED) is 0.502. The Kier molecular flexibility index (Phi) is 6.20. The molecule has 1 nitrogen and oxygen atoms in total. The molecule has 0 aliphatic heterocycles. The van der Waals surface area contributed by atoms with Crippen molar-refractivity contribution in [2.45, 2.75) is 29.9 Å². The topological polar surface area (TPSA) is 20.2 Å². The predicted octanol–water partition coefficient (Wildman–Crippen LogP) is 1.28. The molecule has 1 N–H and O–H groups in total. The number of thiol groups is 3. The van der Waals surface area contributed by atoms with Gasteiger partial charge in [0.1, 0.15) is 0 Å². The van der Waals surface area contributed by atoms with Crippen LogP contribution in [0.1, 0.15) is 13.3 Å². The Morgan fingerprint density at radius 2 is 1.90 bits per heavy atom. The lowest BCUT2D eigenvalue weighted by Crippen LogP contribution is -2.30. The summed E-state index contributed by atoms with van der Waals surface area (Å²) in [6.07, 6.45) is 0.358. The lowest BCUT2D eigenvalue weighted by molar-refractivity contribution is 0.168. The Morgan fingerprint density at radius 3 is 2.20 bits per heavy atom. The van der Waals surface area contributed by atoms with E-state index in [2.05, 4.69) is 37.9 Å². The summed E-state index contributed by atoms with van der Waals surface area (Å²) in [5.74, 6) is 0.647. The van der Waals surface area contributed by atoms with E-state index < -0.39 is 0 Å². The Bertz CT molecular complexity index is 79.1. The summed E-state index contributed by atoms with van der Waals surface area (Å²) >= 11 is 12.5. The fourth-order valence-electron chi connectivity index (χ4n) is 0.606. The molecule has 0 amide bonds. The molecule has 4 heteroatoms. The molecule has 3 atom stereocenters. The summed E-state index contributed by atoms with van der Waals surface area (Å²) < 4.78 is 0. The molecule has 0 saturated carbocycles. The second kappa shape index (κ2) is 5.63. The second-order valence-corrected chi connectivity index (χ2v) is 3.84. The largest absolute Gasteiger partial charge is 0.392 e. The van der Waals surface area contributed by atoms with Crippen molar-refractivity contribution in [3.05, 3.63) is 0 Å². The van der Waals surface area contributed by atoms with Crippen molar-refractivity contribution in [3.63, 3.8) is 0 Å². The van der Waals surface area contributed by atoms with Gasteiger partial charge in [0.05, 0.1) is 6.10 Å². The minimum Gasteiger partial charge on any atom is -0.392 e. The molecule has 62 valence electrons. The van der Waals surface area contributed by atoms with Crippen LogP contribution in [0.25, 0.3) is 0 Å². The van der Waals surface area contributed by atoms with Crippen LogP contribution in [0.15, 0.2) is 0 Å². The molecule has 0 aliphatic carbocycles. The molecule has 0 aromatic rings. The van der Waals surface area contributed by atoms with Crippen LogP contribution in [0.3, 0.4) is 0 Å². The molecule has 0 aromatic heterocycles. The maximum Gasteiger partial charge on any atom is 0.0664 e. The smallest absolute Gasteiger partial charge is 0.0664 e. The number of rotatable bonds is 4.